The van der Waals surface area contributed by atoms with Crippen molar-refractivity contribution in [2.24, 2.45) is 0 Å². The van der Waals surface area contributed by atoms with Crippen molar-refractivity contribution in [3.63, 3.8) is 0 Å². The van der Waals surface area contributed by atoms with Crippen LogP contribution >= 0.6 is 0 Å². The molecular formula is C30H36O. The molecule has 0 heterocycles. The highest BCUT2D eigenvalue weighted by molar-refractivity contribution is 6.00. The Labute approximate surface area is 189 Å². The number of rotatable bonds is 10. The van der Waals surface area contributed by atoms with Gasteiger partial charge in [0, 0.05) is 0 Å². The van der Waals surface area contributed by atoms with Crippen LogP contribution in [0.1, 0.15) is 62.8 Å². The summed E-state index contributed by atoms with van der Waals surface area (Å²) in [4.78, 5) is 0. The Morgan fingerprint density at radius 3 is 2.26 bits per heavy atom. The lowest BCUT2D eigenvalue weighted by atomic mass is 9.86. The van der Waals surface area contributed by atoms with E-state index in [1.54, 1.807) is 0 Å². The highest BCUT2D eigenvalue weighted by Crippen LogP contribution is 2.36. The van der Waals surface area contributed by atoms with Gasteiger partial charge in [-0.2, -0.15) is 0 Å². The first-order chi connectivity index (χ1) is 14.9. The number of aryl methyl sites for hydroxylation is 1. The van der Waals surface area contributed by atoms with Crippen molar-refractivity contribution in [1.82, 2.24) is 0 Å². The van der Waals surface area contributed by atoms with Gasteiger partial charge < -0.3 is 4.74 Å². The third-order valence-corrected chi connectivity index (χ3v) is 5.30. The number of hydrogen-bond donors (Lipinski definition) is 0. The molecule has 0 saturated carbocycles. The maximum atomic E-state index is 5.67. The molecule has 1 nitrogen and oxygen atoms in total. The van der Waals surface area contributed by atoms with Crippen LogP contribution < -0.4 is 0 Å². The zero-order chi connectivity index (χ0) is 22.8. The van der Waals surface area contributed by atoms with E-state index >= 15 is 0 Å². The van der Waals surface area contributed by atoms with E-state index < -0.39 is 0 Å². The molecule has 2 aromatic rings. The van der Waals surface area contributed by atoms with E-state index in [1.165, 1.54) is 33.4 Å². The van der Waals surface area contributed by atoms with E-state index in [2.05, 4.69) is 108 Å². The van der Waals surface area contributed by atoms with Crippen LogP contribution in [0.25, 0.3) is 16.7 Å². The third kappa shape index (κ3) is 6.46. The van der Waals surface area contributed by atoms with Crippen molar-refractivity contribution in [3.05, 3.63) is 114 Å². The van der Waals surface area contributed by atoms with Crippen LogP contribution in [0.3, 0.4) is 0 Å². The Morgan fingerprint density at radius 2 is 1.68 bits per heavy atom. The molecule has 0 unspecified atom stereocenters. The molecule has 2 aromatic carbocycles. The van der Waals surface area contributed by atoms with E-state index in [4.69, 9.17) is 4.74 Å². The molecule has 0 aromatic heterocycles. The fraction of sp³-hybridized carbons (Fsp3) is 0.267. The van der Waals surface area contributed by atoms with Gasteiger partial charge in [0.1, 0.15) is 5.76 Å². The zero-order valence-electron chi connectivity index (χ0n) is 19.8. The van der Waals surface area contributed by atoms with Crippen molar-refractivity contribution in [3.8, 4) is 0 Å². The molecule has 162 valence electrons. The van der Waals surface area contributed by atoms with Crippen LogP contribution in [-0.2, 0) is 4.74 Å². The van der Waals surface area contributed by atoms with Gasteiger partial charge in [-0.25, -0.2) is 0 Å². The summed E-state index contributed by atoms with van der Waals surface area (Å²) in [5, 5.41) is 0. The summed E-state index contributed by atoms with van der Waals surface area (Å²) >= 11 is 0. The molecule has 0 radical (unpaired) electrons. The van der Waals surface area contributed by atoms with Crippen LogP contribution in [0, 0.1) is 6.92 Å². The van der Waals surface area contributed by atoms with Gasteiger partial charge in [-0.3, -0.25) is 0 Å². The fourth-order valence-electron chi connectivity index (χ4n) is 3.70. The largest absolute Gasteiger partial charge is 0.494 e. The molecule has 31 heavy (non-hydrogen) atoms. The Kier molecular flexibility index (Phi) is 9.34. The standard InChI is InChI=1S/C30H36O/c1-8-20-31-24(7)17-19-25(9-2)30(28(10-3)26-14-12-11-13-15-26)27-18-16-23(6)29(21-27)22(4)5/h9,11-19,21H,4,7-8,10,20H2,1-3,5-6H3/b19-17-,25-9+,30-28+. The smallest absolute Gasteiger partial charge is 0.112 e. The monoisotopic (exact) mass is 412 g/mol. The summed E-state index contributed by atoms with van der Waals surface area (Å²) in [6.07, 6.45) is 8.14. The van der Waals surface area contributed by atoms with Gasteiger partial charge in [0.15, 0.2) is 0 Å². The molecule has 0 amide bonds. The van der Waals surface area contributed by atoms with Crippen LogP contribution in [0.5, 0.6) is 0 Å². The van der Waals surface area contributed by atoms with Crippen molar-refractivity contribution in [2.75, 3.05) is 6.61 Å². The number of hydrogen-bond acceptors (Lipinski definition) is 1. The van der Waals surface area contributed by atoms with Crippen LogP contribution in [0.2, 0.25) is 0 Å². The second-order valence-electron chi connectivity index (χ2n) is 7.78. The Balaban J connectivity index is 2.70. The van der Waals surface area contributed by atoms with E-state index in [1.807, 2.05) is 6.08 Å². The van der Waals surface area contributed by atoms with Crippen molar-refractivity contribution >= 4 is 16.7 Å². The molecule has 0 aliphatic heterocycles. The van der Waals surface area contributed by atoms with Crippen molar-refractivity contribution < 1.29 is 4.74 Å². The van der Waals surface area contributed by atoms with Gasteiger partial charge in [-0.15, -0.1) is 0 Å². The predicted molar refractivity (Wildman–Crippen MR) is 138 cm³/mol. The minimum absolute atomic E-state index is 0.682. The molecule has 0 atom stereocenters. The van der Waals surface area contributed by atoms with Gasteiger partial charge in [0.25, 0.3) is 0 Å². The molecule has 0 saturated heterocycles. The Morgan fingerprint density at radius 1 is 0.968 bits per heavy atom. The summed E-state index contributed by atoms with van der Waals surface area (Å²) in [6.45, 7) is 19.5. The number of benzene rings is 2. The summed E-state index contributed by atoms with van der Waals surface area (Å²) in [7, 11) is 0. The second-order valence-corrected chi connectivity index (χ2v) is 7.78. The van der Waals surface area contributed by atoms with Crippen LogP contribution in [0.15, 0.2) is 91.2 Å². The first-order valence-electron chi connectivity index (χ1n) is 11.1. The van der Waals surface area contributed by atoms with Crippen LogP contribution in [0.4, 0.5) is 0 Å². The van der Waals surface area contributed by atoms with E-state index in [0.717, 1.165) is 24.0 Å². The topological polar surface area (TPSA) is 9.23 Å². The highest BCUT2D eigenvalue weighted by atomic mass is 16.5. The predicted octanol–water partition coefficient (Wildman–Crippen LogP) is 8.79. The van der Waals surface area contributed by atoms with E-state index in [-0.39, 0.29) is 0 Å². The lowest BCUT2D eigenvalue weighted by Crippen LogP contribution is -1.98. The molecule has 0 bridgehead atoms. The summed E-state index contributed by atoms with van der Waals surface area (Å²) in [6, 6.07) is 17.3. The zero-order valence-corrected chi connectivity index (χ0v) is 19.8. The first-order valence-corrected chi connectivity index (χ1v) is 11.1. The molecule has 2 rings (SSSR count). The molecule has 0 fully saturated rings. The highest BCUT2D eigenvalue weighted by Gasteiger charge is 2.15. The minimum atomic E-state index is 0.682. The molecular weight excluding hydrogens is 376 g/mol. The maximum absolute atomic E-state index is 5.67. The average Bonchev–Trinajstić information content (AvgIpc) is 2.78. The van der Waals surface area contributed by atoms with E-state index in [0.29, 0.717) is 12.4 Å². The van der Waals surface area contributed by atoms with Crippen molar-refractivity contribution in [1.29, 1.82) is 0 Å². The Bertz CT molecular complexity index is 1000. The molecule has 0 N–H and O–H groups in total. The average molecular weight is 413 g/mol. The van der Waals surface area contributed by atoms with E-state index in [9.17, 15) is 0 Å². The second kappa shape index (κ2) is 12.0. The van der Waals surface area contributed by atoms with Gasteiger partial charge >= 0.3 is 0 Å². The lowest BCUT2D eigenvalue weighted by Gasteiger charge is -2.19. The number of allylic oxidation sites excluding steroid dienone is 7. The quantitative estimate of drug-likeness (QED) is 0.215. The fourth-order valence-corrected chi connectivity index (χ4v) is 3.70. The molecule has 0 aliphatic rings. The lowest BCUT2D eigenvalue weighted by molar-refractivity contribution is 0.226. The third-order valence-electron chi connectivity index (χ3n) is 5.30. The normalized spacial score (nSPS) is 12.6. The first kappa shape index (κ1) is 24.2. The molecule has 0 spiro atoms. The van der Waals surface area contributed by atoms with Crippen LogP contribution in [-0.4, -0.2) is 6.61 Å². The SMILES string of the molecule is C=C(\C=C/C(=C\C)C(=C(/CC)c1ccccc1)/c1ccc(C)c(C(=C)C)c1)OCCC. The summed E-state index contributed by atoms with van der Waals surface area (Å²) < 4.78 is 5.67. The van der Waals surface area contributed by atoms with Crippen molar-refractivity contribution in [2.45, 2.75) is 47.5 Å². The Hall–Kier alpha value is -3.06. The van der Waals surface area contributed by atoms with Gasteiger partial charge in [-0.05, 0) is 84.7 Å². The summed E-state index contributed by atoms with van der Waals surface area (Å²) in [5.41, 5.74) is 9.66. The van der Waals surface area contributed by atoms with Gasteiger partial charge in [-0.1, -0.05) is 87.2 Å². The van der Waals surface area contributed by atoms with Gasteiger partial charge in [0.2, 0.25) is 0 Å². The van der Waals surface area contributed by atoms with Gasteiger partial charge in [0.05, 0.1) is 6.61 Å². The summed E-state index contributed by atoms with van der Waals surface area (Å²) in [5.74, 6) is 0.685. The molecule has 0 aliphatic carbocycles. The minimum Gasteiger partial charge on any atom is -0.494 e. The number of ether oxygens (including phenoxy) is 1. The molecule has 1 heteroatoms. The maximum Gasteiger partial charge on any atom is 0.112 e.